The van der Waals surface area contributed by atoms with E-state index in [1.807, 2.05) is 44.2 Å². The lowest BCUT2D eigenvalue weighted by Crippen LogP contribution is -2.21. The molecule has 0 aliphatic heterocycles. The third-order valence-electron chi connectivity index (χ3n) is 5.43. The van der Waals surface area contributed by atoms with Gasteiger partial charge in [0, 0.05) is 23.2 Å². The number of H-pyrrole nitrogens is 2. The van der Waals surface area contributed by atoms with Gasteiger partial charge in [-0.1, -0.05) is 49.1 Å². The summed E-state index contributed by atoms with van der Waals surface area (Å²) >= 11 is 0. The van der Waals surface area contributed by atoms with Crippen LogP contribution in [0.5, 0.6) is 0 Å². The van der Waals surface area contributed by atoms with Crippen LogP contribution in [-0.4, -0.2) is 30.1 Å². The quantitative estimate of drug-likeness (QED) is 0.434. The number of aromatic amines is 2. The third-order valence-corrected chi connectivity index (χ3v) is 5.43. The van der Waals surface area contributed by atoms with E-state index in [-0.39, 0.29) is 0 Å². The third kappa shape index (κ3) is 4.50. The molecule has 4 rings (SSSR count). The Morgan fingerprint density at radius 2 is 2.00 bits per heavy atom. The maximum absolute atomic E-state index is 4.80. The lowest BCUT2D eigenvalue weighted by molar-refractivity contribution is 1.06. The van der Waals surface area contributed by atoms with Gasteiger partial charge in [-0.25, -0.2) is 4.98 Å². The molecular weight excluding hydrogens is 408 g/mol. The van der Waals surface area contributed by atoms with E-state index >= 15 is 0 Å². The Morgan fingerprint density at radius 3 is 2.73 bits per heavy atom. The molecule has 4 aromatic rings. The molecule has 0 amide bonds. The Balaban J connectivity index is 1.73. The van der Waals surface area contributed by atoms with Crippen molar-refractivity contribution >= 4 is 23.7 Å². The monoisotopic (exact) mass is 434 g/mol. The number of aromatic nitrogens is 6. The molecule has 0 saturated heterocycles. The molecule has 0 saturated carbocycles. The largest absolute Gasteiger partial charge is 0.335 e. The number of rotatable bonds is 6. The van der Waals surface area contributed by atoms with Crippen molar-refractivity contribution in [3.05, 3.63) is 95.0 Å². The van der Waals surface area contributed by atoms with E-state index in [0.29, 0.717) is 11.5 Å². The van der Waals surface area contributed by atoms with Crippen molar-refractivity contribution in [3.8, 4) is 22.8 Å². The van der Waals surface area contributed by atoms with Crippen molar-refractivity contribution in [1.29, 1.82) is 0 Å². The van der Waals surface area contributed by atoms with Crippen LogP contribution in [0.15, 0.2) is 84.4 Å². The summed E-state index contributed by atoms with van der Waals surface area (Å²) in [6.07, 6.45) is 15.4. The molecular formula is C27H26N6. The number of allylic oxidation sites excluding steroid dienone is 7. The molecule has 0 aromatic carbocycles. The molecule has 0 spiro atoms. The summed E-state index contributed by atoms with van der Waals surface area (Å²) < 4.78 is 0. The minimum absolute atomic E-state index is 0.635. The highest BCUT2D eigenvalue weighted by atomic mass is 15.1. The van der Waals surface area contributed by atoms with E-state index in [2.05, 4.69) is 63.5 Å². The van der Waals surface area contributed by atoms with Crippen molar-refractivity contribution in [3.63, 3.8) is 0 Å². The number of nitrogens with one attached hydrogen (secondary N) is 2. The van der Waals surface area contributed by atoms with Crippen molar-refractivity contribution in [1.82, 2.24) is 30.1 Å². The number of pyridine rings is 2. The minimum Gasteiger partial charge on any atom is -0.335 e. The van der Waals surface area contributed by atoms with E-state index in [1.54, 1.807) is 18.6 Å². The second-order valence-electron chi connectivity index (χ2n) is 7.70. The van der Waals surface area contributed by atoms with Gasteiger partial charge >= 0.3 is 0 Å². The number of nitrogens with zero attached hydrogens (tertiary/aromatic N) is 4. The molecule has 2 N–H and O–H groups in total. The van der Waals surface area contributed by atoms with Gasteiger partial charge in [0.05, 0.1) is 22.8 Å². The maximum Gasteiger partial charge on any atom is 0.159 e. The first kappa shape index (κ1) is 21.9. The minimum atomic E-state index is 0.635. The van der Waals surface area contributed by atoms with Crippen molar-refractivity contribution < 1.29 is 0 Å². The van der Waals surface area contributed by atoms with Crippen LogP contribution in [0.3, 0.4) is 0 Å². The molecule has 4 heterocycles. The zero-order chi connectivity index (χ0) is 23.4. The summed E-state index contributed by atoms with van der Waals surface area (Å²) in [6, 6.07) is 5.77. The summed E-state index contributed by atoms with van der Waals surface area (Å²) in [7, 11) is 0. The molecule has 0 fully saturated rings. The lowest BCUT2D eigenvalue weighted by atomic mass is 10.0. The van der Waals surface area contributed by atoms with Crippen molar-refractivity contribution in [2.24, 2.45) is 0 Å². The second kappa shape index (κ2) is 9.44. The van der Waals surface area contributed by atoms with Gasteiger partial charge in [-0.3, -0.25) is 15.1 Å². The highest BCUT2D eigenvalue weighted by Gasteiger charge is 2.14. The molecule has 0 aliphatic rings. The average Bonchev–Trinajstić information content (AvgIpc) is 3.44. The van der Waals surface area contributed by atoms with Crippen LogP contribution in [0.4, 0.5) is 0 Å². The SMILES string of the molecule is C=C\C(C)=C/C(=C\C)C(/C)=C/C=c1/[nH]nc(-c2nc3c(-c4ccccn4)cncc3[nH]2)c1=C. The van der Waals surface area contributed by atoms with E-state index in [9.17, 15) is 0 Å². The van der Waals surface area contributed by atoms with Gasteiger partial charge in [0.1, 0.15) is 11.2 Å². The van der Waals surface area contributed by atoms with Gasteiger partial charge in [0.2, 0.25) is 0 Å². The molecule has 6 nitrogen and oxygen atoms in total. The van der Waals surface area contributed by atoms with Gasteiger partial charge in [-0.05, 0) is 50.1 Å². The summed E-state index contributed by atoms with van der Waals surface area (Å²) in [5, 5.41) is 9.14. The predicted molar refractivity (Wildman–Crippen MR) is 135 cm³/mol. The van der Waals surface area contributed by atoms with E-state index < -0.39 is 0 Å². The lowest BCUT2D eigenvalue weighted by Gasteiger charge is -2.02. The summed E-state index contributed by atoms with van der Waals surface area (Å²) in [5.74, 6) is 0.635. The molecule has 0 radical (unpaired) electrons. The van der Waals surface area contributed by atoms with E-state index in [0.717, 1.165) is 49.6 Å². The Bertz CT molecular complexity index is 1510. The van der Waals surface area contributed by atoms with Gasteiger partial charge in [-0.15, -0.1) is 0 Å². The van der Waals surface area contributed by atoms with Gasteiger partial charge < -0.3 is 4.98 Å². The van der Waals surface area contributed by atoms with Crippen LogP contribution in [0.2, 0.25) is 0 Å². The molecule has 0 unspecified atom stereocenters. The highest BCUT2D eigenvalue weighted by Crippen LogP contribution is 2.26. The second-order valence-corrected chi connectivity index (χ2v) is 7.70. The first-order valence-corrected chi connectivity index (χ1v) is 10.7. The number of fused-ring (bicyclic) bond motifs is 1. The fourth-order valence-electron chi connectivity index (χ4n) is 3.50. The topological polar surface area (TPSA) is 83.1 Å². The Morgan fingerprint density at radius 1 is 1.15 bits per heavy atom. The molecule has 0 bridgehead atoms. The highest BCUT2D eigenvalue weighted by molar-refractivity contribution is 5.91. The fraction of sp³-hybridized carbons (Fsp3) is 0.111. The smallest absolute Gasteiger partial charge is 0.159 e. The van der Waals surface area contributed by atoms with Crippen molar-refractivity contribution in [2.75, 3.05) is 0 Å². The van der Waals surface area contributed by atoms with E-state index in [1.165, 1.54) is 0 Å². The average molecular weight is 435 g/mol. The number of imidazole rings is 1. The summed E-state index contributed by atoms with van der Waals surface area (Å²) in [5.41, 5.74) is 7.35. The molecule has 6 heteroatoms. The molecule has 33 heavy (non-hydrogen) atoms. The first-order chi connectivity index (χ1) is 16.0. The summed E-state index contributed by atoms with van der Waals surface area (Å²) in [4.78, 5) is 16.9. The molecule has 164 valence electrons. The van der Waals surface area contributed by atoms with Gasteiger partial charge in [0.25, 0.3) is 0 Å². The van der Waals surface area contributed by atoms with Crippen LogP contribution < -0.4 is 10.6 Å². The predicted octanol–water partition coefficient (Wildman–Crippen LogP) is 4.63. The van der Waals surface area contributed by atoms with Crippen LogP contribution in [-0.2, 0) is 0 Å². The normalized spacial score (nSPS) is 13.7. The first-order valence-electron chi connectivity index (χ1n) is 10.7. The summed E-state index contributed by atoms with van der Waals surface area (Å²) in [6.45, 7) is 14.2. The van der Waals surface area contributed by atoms with Crippen LogP contribution >= 0.6 is 0 Å². The number of hydrogen-bond acceptors (Lipinski definition) is 4. The Labute approximate surface area is 192 Å². The Hall–Kier alpha value is -4.32. The van der Waals surface area contributed by atoms with Gasteiger partial charge in [0.15, 0.2) is 5.82 Å². The zero-order valence-corrected chi connectivity index (χ0v) is 19.1. The molecule has 0 atom stereocenters. The van der Waals surface area contributed by atoms with Crippen LogP contribution in [0, 0.1) is 0 Å². The zero-order valence-electron chi connectivity index (χ0n) is 19.1. The van der Waals surface area contributed by atoms with Crippen LogP contribution in [0.25, 0.3) is 46.5 Å². The molecule has 0 aliphatic carbocycles. The molecule has 4 aromatic heterocycles. The standard InChI is InChI=1S/C27H26N6/c1-6-17(3)14-20(7-2)18(4)11-12-22-19(5)25(33-32-22)27-30-24-16-28-15-21(26(24)31-27)23-10-8-9-13-29-23/h6-16,32H,1,5H2,2-4H3,(H,30,31)/b17-14-,18-11+,20-7+,22-12+. The number of hydrogen-bond donors (Lipinski definition) is 2. The Kier molecular flexibility index (Phi) is 6.26. The van der Waals surface area contributed by atoms with Gasteiger partial charge in [-0.2, -0.15) is 5.10 Å². The fourth-order valence-corrected chi connectivity index (χ4v) is 3.50. The van der Waals surface area contributed by atoms with Crippen LogP contribution in [0.1, 0.15) is 20.8 Å². The van der Waals surface area contributed by atoms with E-state index in [4.69, 9.17) is 4.98 Å². The maximum atomic E-state index is 4.80. The van der Waals surface area contributed by atoms with Crippen molar-refractivity contribution in [2.45, 2.75) is 20.8 Å².